The first-order valence-electron chi connectivity index (χ1n) is 5.29. The third-order valence-corrected chi connectivity index (χ3v) is 2.59. The number of aromatic nitrogens is 2. The second-order valence-electron chi connectivity index (χ2n) is 3.80. The third kappa shape index (κ3) is 3.24. The highest BCUT2D eigenvalue weighted by atomic mass is 35.5. The van der Waals surface area contributed by atoms with E-state index in [4.69, 9.17) is 16.7 Å². The average Bonchev–Trinajstić information content (AvgIpc) is 2.34. The lowest BCUT2D eigenvalue weighted by Crippen LogP contribution is -2.35. The van der Waals surface area contributed by atoms with Crippen molar-refractivity contribution in [1.82, 2.24) is 9.97 Å². The first-order valence-corrected chi connectivity index (χ1v) is 5.66. The van der Waals surface area contributed by atoms with Crippen LogP contribution < -0.4 is 5.32 Å². The number of rotatable bonds is 3. The van der Waals surface area contributed by atoms with Gasteiger partial charge >= 0.3 is 6.18 Å². The van der Waals surface area contributed by atoms with Gasteiger partial charge in [-0.3, -0.25) is 0 Å². The van der Waals surface area contributed by atoms with Gasteiger partial charge in [-0.15, -0.1) is 0 Å². The maximum atomic E-state index is 12.2. The molecular formula is C11H9ClF3N3O. The zero-order chi connectivity index (χ0) is 14.0. The summed E-state index contributed by atoms with van der Waals surface area (Å²) in [6.45, 7) is -0.708. The standard InChI is InChI=1S/C11H9ClF3N3O/c12-10-17-7-4-2-1-3-6(7)9(18-10)16-5-8(19)11(13,14)15/h1-4,8,19H,5H2,(H,16,17,18). The highest BCUT2D eigenvalue weighted by molar-refractivity contribution is 6.28. The summed E-state index contributed by atoms with van der Waals surface area (Å²) in [4.78, 5) is 7.76. The molecule has 1 aromatic carbocycles. The second kappa shape index (κ2) is 5.18. The zero-order valence-corrected chi connectivity index (χ0v) is 10.2. The molecule has 19 heavy (non-hydrogen) atoms. The number of fused-ring (bicyclic) bond motifs is 1. The Bertz CT molecular complexity index is 591. The van der Waals surface area contributed by atoms with Crippen LogP contribution in [0.3, 0.4) is 0 Å². The molecule has 1 unspecified atom stereocenters. The van der Waals surface area contributed by atoms with Gasteiger partial charge in [0.15, 0.2) is 6.10 Å². The fourth-order valence-corrected chi connectivity index (χ4v) is 1.67. The van der Waals surface area contributed by atoms with Crippen LogP contribution >= 0.6 is 11.6 Å². The minimum atomic E-state index is -4.68. The van der Waals surface area contributed by atoms with Crippen LogP contribution in [0.4, 0.5) is 19.0 Å². The van der Waals surface area contributed by atoms with E-state index in [0.29, 0.717) is 10.9 Å². The number of hydrogen-bond acceptors (Lipinski definition) is 4. The quantitative estimate of drug-likeness (QED) is 0.854. The minimum absolute atomic E-state index is 0.0808. The van der Waals surface area contributed by atoms with Crippen molar-refractivity contribution in [2.45, 2.75) is 12.3 Å². The summed E-state index contributed by atoms with van der Waals surface area (Å²) in [5.74, 6) is 0.152. The van der Waals surface area contributed by atoms with Gasteiger partial charge in [0.2, 0.25) is 5.28 Å². The monoisotopic (exact) mass is 291 g/mol. The largest absolute Gasteiger partial charge is 0.416 e. The molecule has 0 fully saturated rings. The molecule has 4 nitrogen and oxygen atoms in total. The van der Waals surface area contributed by atoms with Crippen molar-refractivity contribution in [2.75, 3.05) is 11.9 Å². The predicted octanol–water partition coefficient (Wildman–Crippen LogP) is 2.62. The molecule has 0 radical (unpaired) electrons. The summed E-state index contributed by atoms with van der Waals surface area (Å²) in [5, 5.41) is 11.8. The smallest absolute Gasteiger partial charge is 0.382 e. The number of hydrogen-bond donors (Lipinski definition) is 2. The Morgan fingerprint density at radius 2 is 1.95 bits per heavy atom. The lowest BCUT2D eigenvalue weighted by Gasteiger charge is -2.16. The normalized spacial score (nSPS) is 13.5. The Balaban J connectivity index is 2.25. The Morgan fingerprint density at radius 1 is 1.26 bits per heavy atom. The van der Waals surface area contributed by atoms with Gasteiger partial charge in [-0.2, -0.15) is 13.2 Å². The second-order valence-corrected chi connectivity index (χ2v) is 4.13. The van der Waals surface area contributed by atoms with Gasteiger partial charge in [0.1, 0.15) is 5.82 Å². The van der Waals surface area contributed by atoms with Crippen molar-refractivity contribution in [3.63, 3.8) is 0 Å². The average molecular weight is 292 g/mol. The maximum absolute atomic E-state index is 12.2. The molecule has 0 amide bonds. The number of para-hydroxylation sites is 1. The Kier molecular flexibility index (Phi) is 3.77. The van der Waals surface area contributed by atoms with Gasteiger partial charge in [-0.05, 0) is 23.7 Å². The van der Waals surface area contributed by atoms with E-state index in [0.717, 1.165) is 0 Å². The van der Waals surface area contributed by atoms with Crippen molar-refractivity contribution >= 4 is 28.3 Å². The van der Waals surface area contributed by atoms with Crippen LogP contribution in [0.1, 0.15) is 0 Å². The van der Waals surface area contributed by atoms with Gasteiger partial charge in [0, 0.05) is 5.39 Å². The fraction of sp³-hybridized carbons (Fsp3) is 0.273. The van der Waals surface area contributed by atoms with Gasteiger partial charge in [-0.25, -0.2) is 9.97 Å². The van der Waals surface area contributed by atoms with E-state index in [1.54, 1.807) is 24.3 Å². The Morgan fingerprint density at radius 3 is 2.63 bits per heavy atom. The van der Waals surface area contributed by atoms with Crippen LogP contribution in [0.2, 0.25) is 5.28 Å². The molecule has 1 aromatic heterocycles. The minimum Gasteiger partial charge on any atom is -0.382 e. The summed E-state index contributed by atoms with van der Waals surface area (Å²) < 4.78 is 36.6. The van der Waals surface area contributed by atoms with Crippen molar-refractivity contribution in [3.8, 4) is 0 Å². The topological polar surface area (TPSA) is 58.0 Å². The van der Waals surface area contributed by atoms with Crippen molar-refractivity contribution < 1.29 is 18.3 Å². The summed E-state index contributed by atoms with van der Waals surface area (Å²) in [6.07, 6.45) is -7.15. The van der Waals surface area contributed by atoms with E-state index < -0.39 is 18.8 Å². The molecule has 0 saturated heterocycles. The van der Waals surface area contributed by atoms with Crippen LogP contribution in [-0.2, 0) is 0 Å². The van der Waals surface area contributed by atoms with E-state index >= 15 is 0 Å². The number of anilines is 1. The van der Waals surface area contributed by atoms with Crippen molar-refractivity contribution in [1.29, 1.82) is 0 Å². The summed E-state index contributed by atoms with van der Waals surface area (Å²) in [5.41, 5.74) is 0.506. The van der Waals surface area contributed by atoms with E-state index in [1.807, 2.05) is 0 Å². The molecule has 8 heteroatoms. The number of aliphatic hydroxyl groups excluding tert-OH is 1. The summed E-state index contributed by atoms with van der Waals surface area (Å²) in [7, 11) is 0. The number of halogens is 4. The van der Waals surface area contributed by atoms with Crippen LogP contribution in [-0.4, -0.2) is 33.9 Å². The predicted molar refractivity (Wildman–Crippen MR) is 65.1 cm³/mol. The molecule has 1 atom stereocenters. The molecule has 0 aliphatic heterocycles. The molecule has 2 aromatic rings. The summed E-state index contributed by atoms with van der Waals surface area (Å²) in [6, 6.07) is 6.73. The Labute approximate surface area is 111 Å². The van der Waals surface area contributed by atoms with E-state index in [9.17, 15) is 13.2 Å². The molecule has 2 N–H and O–H groups in total. The van der Waals surface area contributed by atoms with Gasteiger partial charge < -0.3 is 10.4 Å². The number of aliphatic hydroxyl groups is 1. The van der Waals surface area contributed by atoms with Crippen LogP contribution in [0.5, 0.6) is 0 Å². The molecule has 102 valence electrons. The molecule has 0 bridgehead atoms. The molecule has 2 rings (SSSR count). The Hall–Kier alpha value is -1.60. The van der Waals surface area contributed by atoms with Crippen molar-refractivity contribution in [3.05, 3.63) is 29.5 Å². The van der Waals surface area contributed by atoms with Crippen molar-refractivity contribution in [2.24, 2.45) is 0 Å². The molecule has 0 aliphatic rings. The lowest BCUT2D eigenvalue weighted by atomic mass is 10.2. The first-order chi connectivity index (χ1) is 8.88. The highest BCUT2D eigenvalue weighted by Gasteiger charge is 2.37. The first kappa shape index (κ1) is 13.8. The number of alkyl halides is 3. The number of nitrogens with one attached hydrogen (secondary N) is 1. The van der Waals surface area contributed by atoms with Crippen LogP contribution in [0, 0.1) is 0 Å². The molecule has 0 aliphatic carbocycles. The molecule has 0 spiro atoms. The fourth-order valence-electron chi connectivity index (χ4n) is 1.49. The molecular weight excluding hydrogens is 283 g/mol. The molecule has 1 heterocycles. The van der Waals surface area contributed by atoms with Crippen LogP contribution in [0.15, 0.2) is 24.3 Å². The van der Waals surface area contributed by atoms with Crippen LogP contribution in [0.25, 0.3) is 10.9 Å². The summed E-state index contributed by atoms with van der Waals surface area (Å²) >= 11 is 5.68. The zero-order valence-electron chi connectivity index (χ0n) is 9.45. The molecule has 0 saturated carbocycles. The highest BCUT2D eigenvalue weighted by Crippen LogP contribution is 2.24. The number of benzene rings is 1. The van der Waals surface area contributed by atoms with E-state index in [1.165, 1.54) is 0 Å². The van der Waals surface area contributed by atoms with E-state index in [2.05, 4.69) is 15.3 Å². The third-order valence-electron chi connectivity index (χ3n) is 2.42. The van der Waals surface area contributed by atoms with E-state index in [-0.39, 0.29) is 11.1 Å². The maximum Gasteiger partial charge on any atom is 0.416 e. The van der Waals surface area contributed by atoms with Gasteiger partial charge in [-0.1, -0.05) is 12.1 Å². The van der Waals surface area contributed by atoms with Gasteiger partial charge in [0.05, 0.1) is 12.1 Å². The lowest BCUT2D eigenvalue weighted by molar-refractivity contribution is -0.198. The van der Waals surface area contributed by atoms with Gasteiger partial charge in [0.25, 0.3) is 0 Å². The number of nitrogens with zero attached hydrogens (tertiary/aromatic N) is 2. The SMILES string of the molecule is OC(CNc1nc(Cl)nc2ccccc12)C(F)(F)F.